The molecule has 0 radical (unpaired) electrons. The molecule has 1 aromatic heterocycles. The fourth-order valence-corrected chi connectivity index (χ4v) is 16.7. The summed E-state index contributed by atoms with van der Waals surface area (Å²) < 4.78 is 32.4. The molecule has 0 saturated carbocycles. The van der Waals surface area contributed by atoms with Gasteiger partial charge in [0.1, 0.15) is 18.3 Å². The molecule has 6 aliphatic rings. The third-order valence-corrected chi connectivity index (χ3v) is 21.8. The number of aryl methyl sites for hydroxylation is 2. The van der Waals surface area contributed by atoms with Gasteiger partial charge in [-0.3, -0.25) is 57.6 Å². The number of hydrogen-bond donors (Lipinski definition) is 12. The van der Waals surface area contributed by atoms with E-state index >= 15 is 0 Å². The van der Waals surface area contributed by atoms with Crippen molar-refractivity contribution in [3.63, 3.8) is 0 Å². The second-order valence-corrected chi connectivity index (χ2v) is 28.5. The highest BCUT2D eigenvalue weighted by Gasteiger charge is 2.66. The number of aliphatic hydroxyl groups excluding tert-OH is 2. The summed E-state index contributed by atoms with van der Waals surface area (Å²) in [4.78, 5) is 124. The van der Waals surface area contributed by atoms with Crippen LogP contribution in [0.25, 0.3) is 11.0 Å². The smallest absolute Gasteiger partial charge is 0.394 e. The van der Waals surface area contributed by atoms with Gasteiger partial charge in [0, 0.05) is 131 Å². The average molecular weight is 1270 g/mol. The lowest BCUT2D eigenvalue weighted by Crippen LogP contribution is -2.56. The third-order valence-electron chi connectivity index (χ3n) is 20.7. The number of hydrogen-bond acceptors (Lipinski definition) is 17. The highest BCUT2D eigenvalue weighted by Crippen LogP contribution is 2.62. The summed E-state index contributed by atoms with van der Waals surface area (Å²) >= 11 is 0. The van der Waals surface area contributed by atoms with E-state index < -0.39 is 143 Å². The summed E-state index contributed by atoms with van der Waals surface area (Å²) in [6.07, 6.45) is -4.04. The van der Waals surface area contributed by atoms with Gasteiger partial charge >= 0.3 is 7.82 Å². The zero-order valence-corrected chi connectivity index (χ0v) is 54.2. The van der Waals surface area contributed by atoms with Crippen molar-refractivity contribution in [1.29, 1.82) is 0 Å². The Morgan fingerprint density at radius 3 is 1.99 bits per heavy atom. The number of fused-ring (bicyclic) bond motifs is 7. The average Bonchev–Trinajstić information content (AvgIpc) is 1.53. The number of aromatic amines is 1. The topological polar surface area (TPSA) is 462 Å². The molecule has 2 saturated heterocycles. The number of nitrogens with two attached hydrogens (primary N) is 6. The highest BCUT2D eigenvalue weighted by molar-refractivity contribution is 7.47. The van der Waals surface area contributed by atoms with Gasteiger partial charge in [-0.25, -0.2) is 9.55 Å². The van der Waals surface area contributed by atoms with E-state index in [2.05, 4.69) is 15.6 Å². The molecule has 15 atom stereocenters. The monoisotopic (exact) mass is 1270 g/mol. The van der Waals surface area contributed by atoms with Gasteiger partial charge in [0.25, 0.3) is 0 Å². The number of aliphatic imine (C=N–C) groups is 3. The number of primary amides is 6. The lowest BCUT2D eigenvalue weighted by molar-refractivity contribution is -0.743. The SMILES string of the molecule is CC1=C2N=C(/C=C3\NC(=C(C)C4=N[C@@](C)([C@@H]5N=C1[C@](C)(CCC(=O)NC[C@@H](C)OP(=O)(O)O[C@H]1[C@@H](O)[C@@H]([n+]6c[nH]c7cc(C)c(C)cc76)O[C@@H]1CO)[C@H]5CC(N)=O)[C@@](C)(CC(N)=O)[C@@H]4CCC(N)=O)[C@@](C)(CC(N)=O)[C@@H]3CCC(N)=O)C(C)(C)[C@@H]2CCC(N)=O. The van der Waals surface area contributed by atoms with Crippen molar-refractivity contribution in [2.45, 2.75) is 189 Å². The molecular weight excluding hydrogens is 1180 g/mol. The molecule has 492 valence electrons. The summed E-state index contributed by atoms with van der Waals surface area (Å²) in [6, 6.07) is 2.78. The van der Waals surface area contributed by atoms with Crippen LogP contribution in [0, 0.1) is 59.2 Å². The van der Waals surface area contributed by atoms with E-state index in [9.17, 15) is 53.2 Å². The molecule has 1 unspecified atom stereocenters. The Balaban J connectivity index is 1.19. The lowest BCUT2D eigenvalue weighted by atomic mass is 9.55. The third kappa shape index (κ3) is 13.0. The second-order valence-electron chi connectivity index (χ2n) is 27.1. The number of benzene rings is 1. The number of H-pyrrole nitrogens is 1. The fraction of sp³-hybridized carbons (Fsp3) is 0.629. The first-order valence-electron chi connectivity index (χ1n) is 30.6. The van der Waals surface area contributed by atoms with Gasteiger partial charge in [-0.1, -0.05) is 34.6 Å². The molecule has 0 aliphatic carbocycles. The summed E-state index contributed by atoms with van der Waals surface area (Å²) in [5.74, 6) is -7.17. The number of aromatic nitrogens is 2. The van der Waals surface area contributed by atoms with Crippen LogP contribution in [0.1, 0.15) is 150 Å². The Bertz CT molecular complexity index is 3540. The van der Waals surface area contributed by atoms with E-state index in [4.69, 9.17) is 63.2 Å². The number of allylic oxidation sites excluding steroid dienone is 6. The first-order valence-corrected chi connectivity index (χ1v) is 32.1. The normalized spacial score (nSPS) is 32.6. The zero-order valence-electron chi connectivity index (χ0n) is 53.3. The number of rotatable bonds is 26. The van der Waals surface area contributed by atoms with Crippen molar-refractivity contribution in [3.8, 4) is 0 Å². The predicted molar refractivity (Wildman–Crippen MR) is 332 cm³/mol. The fourth-order valence-electron chi connectivity index (χ4n) is 15.5. The van der Waals surface area contributed by atoms with Crippen LogP contribution in [-0.4, -0.2) is 128 Å². The lowest BCUT2D eigenvalue weighted by Gasteiger charge is -2.48. The molecule has 2 aromatic rings. The number of imidazole rings is 1. The Morgan fingerprint density at radius 2 is 1.40 bits per heavy atom. The number of phosphoric ester groups is 1. The van der Waals surface area contributed by atoms with Crippen LogP contribution in [0.5, 0.6) is 0 Å². The van der Waals surface area contributed by atoms with E-state index in [0.29, 0.717) is 50.9 Å². The number of amides is 7. The molecule has 90 heavy (non-hydrogen) atoms. The van der Waals surface area contributed by atoms with Crippen LogP contribution in [-0.2, 0) is 51.9 Å². The number of nitrogens with zero attached hydrogens (tertiary/aromatic N) is 4. The van der Waals surface area contributed by atoms with Crippen LogP contribution >= 0.6 is 7.82 Å². The van der Waals surface area contributed by atoms with Crippen LogP contribution in [0.3, 0.4) is 0 Å². The molecule has 1 aromatic carbocycles. The molecule has 7 amide bonds. The van der Waals surface area contributed by atoms with Crippen LogP contribution in [0.4, 0.5) is 0 Å². The maximum Gasteiger partial charge on any atom is 0.472 e. The minimum Gasteiger partial charge on any atom is -0.394 e. The van der Waals surface area contributed by atoms with Gasteiger partial charge in [-0.2, -0.15) is 4.57 Å². The molecule has 8 rings (SSSR count). The number of carbonyl (C=O) groups is 7. The van der Waals surface area contributed by atoms with Crippen molar-refractivity contribution in [1.82, 2.24) is 15.6 Å². The standard InChI is InChI=1S/C62H90N13O14P/c1-29-20-39-40(21-30(29)2)75(28-70-39)57-52(84)53(41(27-76)87-57)89-90(85,86)88-31(3)26-69-49(83)18-19-59(8)37(22-46(66)80)56-62(11)61(10,25-48(68)82)36(14-17-45(65)79)51(74-62)33(5)55-60(9,24-47(67)81)34(12-15-43(63)77)38(71-55)23-42-58(6,7)35(13-16-44(64)78)50(72-42)32(4)54(59)73-56/h20-21,23,28,31,34-37,41,52-53,56-57,76,84H,12-19,22,24-27H2,1-11H3,(H15,63,64,65,66,67,68,69,71,72,73,74,77,78,79,80,81,82,83,85,86)/p+1/t31-,34-,35-,36-,37+,41-,52-,53-,56-,57+,59-,60+,61+,62+/m1/s1. The number of nitrogens with one attached hydrogen (secondary N) is 3. The molecule has 28 heteroatoms. The zero-order chi connectivity index (χ0) is 66.7. The first kappa shape index (κ1) is 68.9. The van der Waals surface area contributed by atoms with Crippen LogP contribution in [0.15, 0.2) is 67.8 Å². The van der Waals surface area contributed by atoms with E-state index in [1.807, 2.05) is 87.4 Å². The predicted octanol–water partition coefficient (Wildman–Crippen LogP) is 2.58. The number of phosphoric acid groups is 1. The van der Waals surface area contributed by atoms with Gasteiger partial charge in [-0.05, 0) is 108 Å². The minimum atomic E-state index is -5.06. The van der Waals surface area contributed by atoms with Gasteiger partial charge in [-0.15, -0.1) is 0 Å². The maximum absolute atomic E-state index is 14.4. The van der Waals surface area contributed by atoms with Crippen molar-refractivity contribution in [3.05, 3.63) is 63.9 Å². The van der Waals surface area contributed by atoms with E-state index in [-0.39, 0.29) is 77.2 Å². The van der Waals surface area contributed by atoms with Gasteiger partial charge < -0.3 is 64.9 Å². The van der Waals surface area contributed by atoms with Gasteiger partial charge in [0.15, 0.2) is 11.0 Å². The van der Waals surface area contributed by atoms with Gasteiger partial charge in [0.05, 0.1) is 24.3 Å². The molecule has 18 N–H and O–H groups in total. The quantitative estimate of drug-likeness (QED) is 0.0476. The molecule has 0 spiro atoms. The minimum absolute atomic E-state index is 0.00918. The largest absolute Gasteiger partial charge is 0.472 e. The second kappa shape index (κ2) is 25.6. The summed E-state index contributed by atoms with van der Waals surface area (Å²) in [7, 11) is -5.06. The van der Waals surface area contributed by atoms with E-state index in [1.165, 1.54) is 6.92 Å². The Morgan fingerprint density at radius 1 is 0.800 bits per heavy atom. The van der Waals surface area contributed by atoms with Crippen LogP contribution in [0.2, 0.25) is 0 Å². The molecule has 8 bridgehead atoms. The van der Waals surface area contributed by atoms with Crippen LogP contribution < -0.4 is 49.6 Å². The first-order chi connectivity index (χ1) is 41.8. The van der Waals surface area contributed by atoms with Crippen molar-refractivity contribution < 1.29 is 71.6 Å². The molecule has 6 aliphatic heterocycles. The summed E-state index contributed by atoms with van der Waals surface area (Å²) in [5, 5.41) is 28.2. The molecular formula is C62H91N13O14P+. The Kier molecular flexibility index (Phi) is 19.6. The summed E-state index contributed by atoms with van der Waals surface area (Å²) in [5.41, 5.74) is 37.6. The van der Waals surface area contributed by atoms with E-state index in [1.54, 1.807) is 10.9 Å². The van der Waals surface area contributed by atoms with Crippen molar-refractivity contribution >= 4 is 77.3 Å². The highest BCUT2D eigenvalue weighted by atomic mass is 31.2. The Hall–Kier alpha value is -7.00. The molecule has 27 nitrogen and oxygen atoms in total. The number of aliphatic hydroxyl groups is 2. The number of carbonyl (C=O) groups excluding carboxylic acids is 7. The molecule has 2 fully saturated rings. The maximum atomic E-state index is 14.4. The summed E-state index contributed by atoms with van der Waals surface area (Å²) in [6.45, 7) is 19.3. The van der Waals surface area contributed by atoms with Crippen molar-refractivity contribution in [2.75, 3.05) is 13.2 Å². The van der Waals surface area contributed by atoms with Gasteiger partial charge in [0.2, 0.25) is 53.9 Å². The molecule has 7 heterocycles. The van der Waals surface area contributed by atoms with E-state index in [0.717, 1.165) is 16.6 Å². The number of ether oxygens (including phenoxy) is 1. The van der Waals surface area contributed by atoms with Crippen molar-refractivity contribution in [2.24, 2.45) is 94.7 Å². The Labute approximate surface area is 523 Å².